The van der Waals surface area contributed by atoms with Gasteiger partial charge >= 0.3 is 0 Å². The number of carbonyl (C=O) groups is 1. The second-order valence-electron chi connectivity index (χ2n) is 3.98. The van der Waals surface area contributed by atoms with Gasteiger partial charge in [0.2, 0.25) is 0 Å². The number of aromatic nitrogens is 1. The van der Waals surface area contributed by atoms with Gasteiger partial charge in [-0.25, -0.2) is 4.98 Å². The van der Waals surface area contributed by atoms with Crippen LogP contribution in [0.25, 0.3) is 0 Å². The minimum absolute atomic E-state index is 0.0451. The fraction of sp³-hybridized carbons (Fsp3) is 0.455. The topological polar surface area (TPSA) is 68.0 Å². The smallest absolute Gasteiger partial charge is 0.269 e. The predicted octanol–water partition coefficient (Wildman–Crippen LogP) is 1.45. The van der Waals surface area contributed by atoms with Crippen LogP contribution in [0.4, 0.5) is 0 Å². The van der Waals surface area contributed by atoms with Gasteiger partial charge in [-0.05, 0) is 18.1 Å². The minimum Gasteiger partial charge on any atom is -0.349 e. The molecule has 1 rings (SSSR count). The summed E-state index contributed by atoms with van der Waals surface area (Å²) in [7, 11) is 0. The molecule has 16 heavy (non-hydrogen) atoms. The molecule has 0 spiro atoms. The summed E-state index contributed by atoms with van der Waals surface area (Å²) >= 11 is 5.67. The zero-order valence-electron chi connectivity index (χ0n) is 9.40. The highest BCUT2D eigenvalue weighted by Gasteiger charge is 2.11. The molecule has 1 amide bonds. The van der Waals surface area contributed by atoms with Crippen molar-refractivity contribution in [1.82, 2.24) is 10.3 Å². The molecule has 88 valence electrons. The Morgan fingerprint density at radius 1 is 1.56 bits per heavy atom. The average molecular weight is 242 g/mol. The molecule has 4 nitrogen and oxygen atoms in total. The first kappa shape index (κ1) is 12.9. The number of rotatable bonds is 4. The maximum atomic E-state index is 11.6. The summed E-state index contributed by atoms with van der Waals surface area (Å²) in [6, 6.07) is 3.17. The van der Waals surface area contributed by atoms with E-state index in [0.29, 0.717) is 23.2 Å². The zero-order valence-corrected chi connectivity index (χ0v) is 10.2. The number of nitrogens with two attached hydrogens (primary N) is 1. The third-order valence-corrected chi connectivity index (χ3v) is 2.54. The molecule has 3 N–H and O–H groups in total. The van der Waals surface area contributed by atoms with E-state index in [0.717, 1.165) is 0 Å². The number of carbonyl (C=O) groups excluding carboxylic acids is 1. The van der Waals surface area contributed by atoms with Crippen LogP contribution in [0, 0.1) is 5.92 Å². The number of pyridine rings is 1. The lowest BCUT2D eigenvalue weighted by Crippen LogP contribution is -2.40. The molecule has 1 atom stereocenters. The molecule has 0 fully saturated rings. The zero-order chi connectivity index (χ0) is 12.1. The lowest BCUT2D eigenvalue weighted by atomic mass is 10.1. The summed E-state index contributed by atoms with van der Waals surface area (Å²) in [4.78, 5) is 15.5. The van der Waals surface area contributed by atoms with Crippen molar-refractivity contribution in [3.63, 3.8) is 0 Å². The highest BCUT2D eigenvalue weighted by atomic mass is 35.5. The number of amides is 1. The molecular weight excluding hydrogens is 226 g/mol. The Balaban J connectivity index is 2.50. The van der Waals surface area contributed by atoms with Crippen molar-refractivity contribution >= 4 is 17.5 Å². The molecule has 5 heteroatoms. The van der Waals surface area contributed by atoms with Gasteiger partial charge < -0.3 is 11.1 Å². The van der Waals surface area contributed by atoms with Crippen molar-refractivity contribution in [1.29, 1.82) is 0 Å². The van der Waals surface area contributed by atoms with Gasteiger partial charge in [-0.3, -0.25) is 4.79 Å². The second kappa shape index (κ2) is 5.82. The molecule has 1 unspecified atom stereocenters. The van der Waals surface area contributed by atoms with Gasteiger partial charge in [-0.1, -0.05) is 25.4 Å². The van der Waals surface area contributed by atoms with Crippen LogP contribution in [-0.4, -0.2) is 23.5 Å². The number of nitrogens with one attached hydrogen (secondary N) is 1. The van der Waals surface area contributed by atoms with Crippen molar-refractivity contribution in [2.45, 2.75) is 19.9 Å². The molecule has 0 aromatic carbocycles. The van der Waals surface area contributed by atoms with Crippen LogP contribution >= 0.6 is 11.6 Å². The molecule has 1 aromatic heterocycles. The van der Waals surface area contributed by atoms with Crippen LogP contribution in [0.2, 0.25) is 5.02 Å². The van der Waals surface area contributed by atoms with E-state index in [1.165, 1.54) is 6.20 Å². The molecule has 0 radical (unpaired) electrons. The highest BCUT2D eigenvalue weighted by molar-refractivity contribution is 6.30. The van der Waals surface area contributed by atoms with Gasteiger partial charge in [-0.2, -0.15) is 0 Å². The molecule has 1 aromatic rings. The fourth-order valence-electron chi connectivity index (χ4n) is 1.05. The Bertz CT molecular complexity index is 351. The van der Waals surface area contributed by atoms with Crippen LogP contribution in [0.5, 0.6) is 0 Å². The largest absolute Gasteiger partial charge is 0.349 e. The predicted molar refractivity (Wildman–Crippen MR) is 64.4 cm³/mol. The quantitative estimate of drug-likeness (QED) is 0.839. The number of hydrogen-bond donors (Lipinski definition) is 2. The minimum atomic E-state index is -0.229. The summed E-state index contributed by atoms with van der Waals surface area (Å²) in [6.45, 7) is 4.47. The SMILES string of the molecule is CC(C)C(N)CNC(=O)c1ccc(Cl)cn1. The Morgan fingerprint density at radius 3 is 2.75 bits per heavy atom. The average Bonchev–Trinajstić information content (AvgIpc) is 2.26. The van der Waals surface area contributed by atoms with E-state index in [4.69, 9.17) is 17.3 Å². The Morgan fingerprint density at radius 2 is 2.25 bits per heavy atom. The Hall–Kier alpha value is -1.13. The fourth-order valence-corrected chi connectivity index (χ4v) is 1.16. The number of hydrogen-bond acceptors (Lipinski definition) is 3. The van der Waals surface area contributed by atoms with Gasteiger partial charge in [0, 0.05) is 18.8 Å². The maximum absolute atomic E-state index is 11.6. The third-order valence-electron chi connectivity index (χ3n) is 2.31. The van der Waals surface area contributed by atoms with E-state index in [1.54, 1.807) is 12.1 Å². The van der Waals surface area contributed by atoms with Crippen LogP contribution in [0.15, 0.2) is 18.3 Å². The molecule has 0 aliphatic carbocycles. The summed E-state index contributed by atoms with van der Waals surface area (Å²) in [5.74, 6) is 0.103. The van der Waals surface area contributed by atoms with Crippen molar-refractivity contribution in [2.75, 3.05) is 6.54 Å². The normalized spacial score (nSPS) is 12.6. The van der Waals surface area contributed by atoms with E-state index < -0.39 is 0 Å². The van der Waals surface area contributed by atoms with Crippen LogP contribution < -0.4 is 11.1 Å². The molecule has 0 saturated heterocycles. The standard InChI is InChI=1S/C11H16ClN3O/c1-7(2)9(13)6-15-11(16)10-4-3-8(12)5-14-10/h3-5,7,9H,6,13H2,1-2H3,(H,15,16). The summed E-state index contributed by atoms with van der Waals surface area (Å²) in [5.41, 5.74) is 6.16. The highest BCUT2D eigenvalue weighted by Crippen LogP contribution is 2.06. The van der Waals surface area contributed by atoms with E-state index >= 15 is 0 Å². The van der Waals surface area contributed by atoms with Gasteiger partial charge in [0.05, 0.1) is 5.02 Å². The van der Waals surface area contributed by atoms with Gasteiger partial charge in [0.1, 0.15) is 5.69 Å². The molecule has 0 saturated carbocycles. The molecular formula is C11H16ClN3O. The molecule has 1 heterocycles. The van der Waals surface area contributed by atoms with E-state index in [1.807, 2.05) is 13.8 Å². The summed E-state index contributed by atoms with van der Waals surface area (Å²) < 4.78 is 0. The van der Waals surface area contributed by atoms with Gasteiger partial charge in [0.25, 0.3) is 5.91 Å². The van der Waals surface area contributed by atoms with Crippen molar-refractivity contribution < 1.29 is 4.79 Å². The van der Waals surface area contributed by atoms with Crippen molar-refractivity contribution in [3.05, 3.63) is 29.0 Å². The second-order valence-corrected chi connectivity index (χ2v) is 4.42. The first-order valence-electron chi connectivity index (χ1n) is 5.16. The van der Waals surface area contributed by atoms with E-state index in [-0.39, 0.29) is 11.9 Å². The summed E-state index contributed by atoms with van der Waals surface area (Å²) in [5, 5.41) is 3.24. The number of nitrogens with zero attached hydrogens (tertiary/aromatic N) is 1. The van der Waals surface area contributed by atoms with E-state index in [2.05, 4.69) is 10.3 Å². The Kier molecular flexibility index (Phi) is 4.71. The monoisotopic (exact) mass is 241 g/mol. The van der Waals surface area contributed by atoms with Crippen molar-refractivity contribution in [3.8, 4) is 0 Å². The third kappa shape index (κ3) is 3.79. The lowest BCUT2D eigenvalue weighted by molar-refractivity contribution is 0.0944. The molecule has 0 aliphatic heterocycles. The number of halogens is 1. The Labute approximate surface area is 100 Å². The van der Waals surface area contributed by atoms with Crippen LogP contribution in [-0.2, 0) is 0 Å². The van der Waals surface area contributed by atoms with Crippen LogP contribution in [0.3, 0.4) is 0 Å². The first-order chi connectivity index (χ1) is 7.50. The van der Waals surface area contributed by atoms with Crippen molar-refractivity contribution in [2.24, 2.45) is 11.7 Å². The summed E-state index contributed by atoms with van der Waals surface area (Å²) in [6.07, 6.45) is 1.44. The molecule has 0 aliphatic rings. The maximum Gasteiger partial charge on any atom is 0.269 e. The molecule has 0 bridgehead atoms. The first-order valence-corrected chi connectivity index (χ1v) is 5.54. The lowest BCUT2D eigenvalue weighted by Gasteiger charge is -2.15. The van der Waals surface area contributed by atoms with Crippen LogP contribution in [0.1, 0.15) is 24.3 Å². The van der Waals surface area contributed by atoms with Gasteiger partial charge in [0.15, 0.2) is 0 Å². The van der Waals surface area contributed by atoms with Gasteiger partial charge in [-0.15, -0.1) is 0 Å². The van der Waals surface area contributed by atoms with E-state index in [9.17, 15) is 4.79 Å².